The highest BCUT2D eigenvalue weighted by Crippen LogP contribution is 2.39. The van der Waals surface area contributed by atoms with Gasteiger partial charge in [-0.25, -0.2) is 9.97 Å². The topological polar surface area (TPSA) is 129 Å². The molecule has 0 spiro atoms. The summed E-state index contributed by atoms with van der Waals surface area (Å²) in [4.78, 5) is 23.3. The first-order valence-electron chi connectivity index (χ1n) is 10.4. The van der Waals surface area contributed by atoms with E-state index in [1.165, 1.54) is 11.1 Å². The van der Waals surface area contributed by atoms with Crippen LogP contribution < -0.4 is 16.6 Å². The zero-order valence-electron chi connectivity index (χ0n) is 17.7. The van der Waals surface area contributed by atoms with E-state index in [4.69, 9.17) is 17.3 Å². The molecule has 11 heteroatoms. The summed E-state index contributed by atoms with van der Waals surface area (Å²) in [6.07, 6.45) is 4.02. The molecule has 164 valence electrons. The van der Waals surface area contributed by atoms with Crippen molar-refractivity contribution in [3.8, 4) is 11.4 Å². The van der Waals surface area contributed by atoms with Gasteiger partial charge in [-0.2, -0.15) is 4.80 Å². The van der Waals surface area contributed by atoms with E-state index in [1.54, 1.807) is 13.1 Å². The van der Waals surface area contributed by atoms with Crippen molar-refractivity contribution in [2.75, 3.05) is 11.1 Å². The third-order valence-electron chi connectivity index (χ3n) is 5.66. The monoisotopic (exact) mass is 451 g/mol. The van der Waals surface area contributed by atoms with E-state index in [-0.39, 0.29) is 23.5 Å². The van der Waals surface area contributed by atoms with Gasteiger partial charge < -0.3 is 15.6 Å². The molecule has 0 bridgehead atoms. The lowest BCUT2D eigenvalue weighted by atomic mass is 10.0. The molecule has 0 radical (unpaired) electrons. The number of anilines is 2. The Bertz CT molecular complexity index is 1380. The van der Waals surface area contributed by atoms with Gasteiger partial charge >= 0.3 is 0 Å². The van der Waals surface area contributed by atoms with Crippen LogP contribution in [0.5, 0.6) is 0 Å². The molecule has 32 heavy (non-hydrogen) atoms. The Labute approximate surface area is 188 Å². The summed E-state index contributed by atoms with van der Waals surface area (Å²) in [7, 11) is 1.67. The number of aromatic nitrogens is 7. The summed E-state index contributed by atoms with van der Waals surface area (Å²) < 4.78 is 1.88. The van der Waals surface area contributed by atoms with Gasteiger partial charge in [0, 0.05) is 11.7 Å². The molecule has 0 aliphatic heterocycles. The highest BCUT2D eigenvalue weighted by molar-refractivity contribution is 6.35. The number of aryl methyl sites for hydroxylation is 1. The van der Waals surface area contributed by atoms with Crippen molar-refractivity contribution >= 4 is 34.0 Å². The van der Waals surface area contributed by atoms with Crippen LogP contribution in [0.4, 0.5) is 11.6 Å². The first kappa shape index (κ1) is 20.4. The standard InChI is InChI=1S/C21H22ClN9O/c1-3-14(26-19-17(18(23)24-10-25-19)20-27-29-30(2)28-20)15-9-11-5-4-6-13(22)16(11)21(32)31(15)12-7-8-12/h4-6,9-10,12,14H,3,7-8H2,1-2H3,(H3,23,24,25,26). The molecular weight excluding hydrogens is 430 g/mol. The zero-order chi connectivity index (χ0) is 22.4. The van der Waals surface area contributed by atoms with Gasteiger partial charge in [-0.15, -0.1) is 10.2 Å². The predicted octanol–water partition coefficient (Wildman–Crippen LogP) is 3.12. The summed E-state index contributed by atoms with van der Waals surface area (Å²) in [6.45, 7) is 2.05. The summed E-state index contributed by atoms with van der Waals surface area (Å²) in [5.41, 5.74) is 7.43. The Morgan fingerprint density at radius 3 is 2.81 bits per heavy atom. The number of tetrazole rings is 1. The largest absolute Gasteiger partial charge is 0.383 e. The fraction of sp³-hybridized carbons (Fsp3) is 0.333. The predicted molar refractivity (Wildman–Crippen MR) is 122 cm³/mol. The molecule has 3 heterocycles. The Morgan fingerprint density at radius 2 is 2.12 bits per heavy atom. The lowest BCUT2D eigenvalue weighted by Crippen LogP contribution is -2.27. The minimum Gasteiger partial charge on any atom is -0.383 e. The van der Waals surface area contributed by atoms with Gasteiger partial charge in [0.15, 0.2) is 0 Å². The maximum Gasteiger partial charge on any atom is 0.260 e. The first-order valence-corrected chi connectivity index (χ1v) is 10.8. The molecule has 1 saturated carbocycles. The number of nitrogen functional groups attached to an aromatic ring is 1. The molecule has 1 aromatic carbocycles. The van der Waals surface area contributed by atoms with Gasteiger partial charge in [-0.3, -0.25) is 4.79 Å². The summed E-state index contributed by atoms with van der Waals surface area (Å²) in [5, 5.41) is 17.5. The lowest BCUT2D eigenvalue weighted by molar-refractivity contribution is 0.604. The van der Waals surface area contributed by atoms with Crippen LogP contribution in [0.15, 0.2) is 35.4 Å². The van der Waals surface area contributed by atoms with Crippen molar-refractivity contribution in [1.82, 2.24) is 34.7 Å². The minimum atomic E-state index is -0.212. The Balaban J connectivity index is 1.64. The number of rotatable bonds is 6. The van der Waals surface area contributed by atoms with E-state index in [1.807, 2.05) is 29.7 Å². The highest BCUT2D eigenvalue weighted by atomic mass is 35.5. The summed E-state index contributed by atoms with van der Waals surface area (Å²) in [6, 6.07) is 7.51. The van der Waals surface area contributed by atoms with Gasteiger partial charge in [-0.1, -0.05) is 30.7 Å². The number of nitrogens with zero attached hydrogens (tertiary/aromatic N) is 7. The second kappa shape index (κ2) is 7.86. The number of hydrogen-bond donors (Lipinski definition) is 2. The molecule has 3 N–H and O–H groups in total. The minimum absolute atomic E-state index is 0.0659. The fourth-order valence-corrected chi connectivity index (χ4v) is 4.26. The number of hydrogen-bond acceptors (Lipinski definition) is 8. The van der Waals surface area contributed by atoms with Crippen molar-refractivity contribution in [2.24, 2.45) is 7.05 Å². The van der Waals surface area contributed by atoms with Gasteiger partial charge in [0.05, 0.1) is 23.5 Å². The van der Waals surface area contributed by atoms with Crippen LogP contribution in [0, 0.1) is 0 Å². The third-order valence-corrected chi connectivity index (χ3v) is 5.97. The van der Waals surface area contributed by atoms with Crippen LogP contribution in [-0.2, 0) is 7.05 Å². The van der Waals surface area contributed by atoms with Crippen LogP contribution in [0.2, 0.25) is 5.02 Å². The van der Waals surface area contributed by atoms with Gasteiger partial charge in [0.1, 0.15) is 23.5 Å². The third kappa shape index (κ3) is 3.46. The lowest BCUT2D eigenvalue weighted by Gasteiger charge is -2.24. The maximum absolute atomic E-state index is 13.4. The van der Waals surface area contributed by atoms with E-state index in [9.17, 15) is 4.79 Å². The first-order chi connectivity index (χ1) is 15.5. The number of nitrogens with one attached hydrogen (secondary N) is 1. The fourth-order valence-electron chi connectivity index (χ4n) is 3.99. The second-order valence-electron chi connectivity index (χ2n) is 7.87. The van der Waals surface area contributed by atoms with E-state index >= 15 is 0 Å². The summed E-state index contributed by atoms with van der Waals surface area (Å²) >= 11 is 6.38. The maximum atomic E-state index is 13.4. The number of benzene rings is 1. The van der Waals surface area contributed by atoms with Crippen molar-refractivity contribution in [2.45, 2.75) is 38.3 Å². The molecule has 10 nitrogen and oxygen atoms in total. The molecule has 5 rings (SSSR count). The highest BCUT2D eigenvalue weighted by Gasteiger charge is 2.31. The number of pyridine rings is 1. The number of nitrogens with two attached hydrogens (primary N) is 1. The molecular formula is C21H22ClN9O. The number of halogens is 1. The Morgan fingerprint density at radius 1 is 1.31 bits per heavy atom. The molecule has 3 aromatic heterocycles. The average molecular weight is 452 g/mol. The van der Waals surface area contributed by atoms with E-state index in [2.05, 4.69) is 30.7 Å². The smallest absolute Gasteiger partial charge is 0.260 e. The van der Waals surface area contributed by atoms with E-state index in [0.29, 0.717) is 34.0 Å². The van der Waals surface area contributed by atoms with Gasteiger partial charge in [-0.05, 0) is 42.0 Å². The SMILES string of the molecule is CCC(Nc1ncnc(N)c1-c1nnn(C)n1)c1cc2cccc(Cl)c2c(=O)n1C1CC1. The molecule has 0 amide bonds. The van der Waals surface area contributed by atoms with Crippen molar-refractivity contribution < 1.29 is 0 Å². The van der Waals surface area contributed by atoms with Crippen LogP contribution in [-0.4, -0.2) is 34.7 Å². The molecule has 1 unspecified atom stereocenters. The Hall–Kier alpha value is -3.53. The van der Waals surface area contributed by atoms with Crippen LogP contribution >= 0.6 is 11.6 Å². The molecule has 1 aliphatic carbocycles. The van der Waals surface area contributed by atoms with Crippen LogP contribution in [0.1, 0.15) is 44.0 Å². The van der Waals surface area contributed by atoms with E-state index in [0.717, 1.165) is 23.9 Å². The van der Waals surface area contributed by atoms with Gasteiger partial charge in [0.2, 0.25) is 5.82 Å². The number of fused-ring (bicyclic) bond motifs is 1. The molecule has 1 aliphatic rings. The van der Waals surface area contributed by atoms with Crippen molar-refractivity contribution in [3.05, 3.63) is 51.7 Å². The van der Waals surface area contributed by atoms with Crippen molar-refractivity contribution in [3.63, 3.8) is 0 Å². The molecule has 0 saturated heterocycles. The van der Waals surface area contributed by atoms with Crippen molar-refractivity contribution in [1.29, 1.82) is 0 Å². The zero-order valence-corrected chi connectivity index (χ0v) is 18.4. The second-order valence-corrected chi connectivity index (χ2v) is 8.28. The molecule has 1 fully saturated rings. The molecule has 4 aromatic rings. The normalized spacial score (nSPS) is 14.6. The van der Waals surface area contributed by atoms with Crippen LogP contribution in [0.25, 0.3) is 22.2 Å². The quantitative estimate of drug-likeness (QED) is 0.457. The van der Waals surface area contributed by atoms with E-state index < -0.39 is 0 Å². The van der Waals surface area contributed by atoms with Gasteiger partial charge in [0.25, 0.3) is 5.56 Å². The van der Waals surface area contributed by atoms with Crippen LogP contribution in [0.3, 0.4) is 0 Å². The average Bonchev–Trinajstić information content (AvgIpc) is 3.51. The molecule has 1 atom stereocenters. The Kier molecular flexibility index (Phi) is 5.01. The summed E-state index contributed by atoms with van der Waals surface area (Å²) in [5.74, 6) is 1.06.